The second-order valence-corrected chi connectivity index (χ2v) is 3.12. The van der Waals surface area contributed by atoms with E-state index in [9.17, 15) is 0 Å². The summed E-state index contributed by atoms with van der Waals surface area (Å²) in [4.78, 5) is 0. The van der Waals surface area contributed by atoms with E-state index in [4.69, 9.17) is 4.74 Å². The molecule has 1 atom stereocenters. The first-order valence-electron chi connectivity index (χ1n) is 4.83. The van der Waals surface area contributed by atoms with Crippen LogP contribution < -0.4 is 5.43 Å². The summed E-state index contributed by atoms with van der Waals surface area (Å²) >= 11 is 0. The fourth-order valence-electron chi connectivity index (χ4n) is 1.53. The lowest BCUT2D eigenvalue weighted by molar-refractivity contribution is 0.116. The Morgan fingerprint density at radius 1 is 1.36 bits per heavy atom. The van der Waals surface area contributed by atoms with Crippen LogP contribution in [0.15, 0.2) is 35.4 Å². The highest BCUT2D eigenvalue weighted by Gasteiger charge is 2.23. The molecule has 1 aliphatic rings. The third-order valence-corrected chi connectivity index (χ3v) is 2.17. The minimum absolute atomic E-state index is 0.0439. The zero-order chi connectivity index (χ0) is 9.80. The molecule has 0 aromatic heterocycles. The molecule has 1 heterocycles. The molecule has 0 aliphatic carbocycles. The molecule has 0 saturated carbocycles. The Morgan fingerprint density at radius 2 is 2.14 bits per heavy atom. The Hall–Kier alpha value is -1.35. The van der Waals surface area contributed by atoms with Gasteiger partial charge in [0.1, 0.15) is 11.8 Å². The van der Waals surface area contributed by atoms with Crippen LogP contribution in [-0.2, 0) is 4.74 Å². The van der Waals surface area contributed by atoms with Crippen LogP contribution in [0.5, 0.6) is 0 Å². The smallest absolute Gasteiger partial charge is 0.123 e. The van der Waals surface area contributed by atoms with E-state index < -0.39 is 0 Å². The molecule has 0 spiro atoms. The standard InChI is InChI=1S/C11H13N2O/c1-2-14-10-8-12-13-11(10)9-6-4-3-5-7-9/h3-7,10H,2,8H2,1H3. The molecule has 2 rings (SSSR count). The van der Waals surface area contributed by atoms with E-state index >= 15 is 0 Å². The van der Waals surface area contributed by atoms with Crippen molar-refractivity contribution >= 4 is 5.71 Å². The molecular weight excluding hydrogens is 176 g/mol. The molecule has 1 unspecified atom stereocenters. The molecule has 0 saturated heterocycles. The first-order valence-corrected chi connectivity index (χ1v) is 4.83. The molecular formula is C11H13N2O. The summed E-state index contributed by atoms with van der Waals surface area (Å²) in [6, 6.07) is 10.1. The molecule has 14 heavy (non-hydrogen) atoms. The van der Waals surface area contributed by atoms with Gasteiger partial charge in [0.2, 0.25) is 0 Å². The quantitative estimate of drug-likeness (QED) is 0.708. The summed E-state index contributed by atoms with van der Waals surface area (Å²) in [6.45, 7) is 3.34. The first kappa shape index (κ1) is 9.21. The maximum Gasteiger partial charge on any atom is 0.123 e. The summed E-state index contributed by atoms with van der Waals surface area (Å²) < 4.78 is 5.55. The SMILES string of the molecule is CCOC1C[N]N=C1c1ccccc1. The number of benzene rings is 1. The number of ether oxygens (including phenoxy) is 1. The Balaban J connectivity index is 2.18. The van der Waals surface area contributed by atoms with Crippen LogP contribution in [0.4, 0.5) is 0 Å². The molecule has 1 aliphatic heterocycles. The lowest BCUT2D eigenvalue weighted by Crippen LogP contribution is -2.25. The van der Waals surface area contributed by atoms with Crippen molar-refractivity contribution in [3.63, 3.8) is 0 Å². The van der Waals surface area contributed by atoms with Gasteiger partial charge in [0.15, 0.2) is 0 Å². The summed E-state index contributed by atoms with van der Waals surface area (Å²) in [5, 5.41) is 4.12. The summed E-state index contributed by atoms with van der Waals surface area (Å²) in [5.74, 6) is 0. The van der Waals surface area contributed by atoms with Crippen LogP contribution in [-0.4, -0.2) is 25.0 Å². The molecule has 0 bridgehead atoms. The highest BCUT2D eigenvalue weighted by molar-refractivity contribution is 6.04. The van der Waals surface area contributed by atoms with E-state index in [2.05, 4.69) is 10.5 Å². The van der Waals surface area contributed by atoms with Gasteiger partial charge in [-0.1, -0.05) is 30.3 Å². The van der Waals surface area contributed by atoms with Crippen LogP contribution in [0.1, 0.15) is 12.5 Å². The average Bonchev–Trinajstić information content (AvgIpc) is 2.68. The fraction of sp³-hybridized carbons (Fsp3) is 0.364. The predicted octanol–water partition coefficient (Wildman–Crippen LogP) is 1.41. The van der Waals surface area contributed by atoms with Crippen molar-refractivity contribution in [3.05, 3.63) is 35.9 Å². The summed E-state index contributed by atoms with van der Waals surface area (Å²) in [6.07, 6.45) is 0.0439. The van der Waals surface area contributed by atoms with Gasteiger partial charge < -0.3 is 4.74 Å². The number of nitrogens with zero attached hydrogens (tertiary/aromatic N) is 2. The maximum atomic E-state index is 5.55. The average molecular weight is 189 g/mol. The van der Waals surface area contributed by atoms with Crippen LogP contribution in [0.2, 0.25) is 0 Å². The highest BCUT2D eigenvalue weighted by atomic mass is 16.5. The van der Waals surface area contributed by atoms with Gasteiger partial charge in [0.25, 0.3) is 0 Å². The summed E-state index contributed by atoms with van der Waals surface area (Å²) in [5.41, 5.74) is 6.06. The number of rotatable bonds is 3. The van der Waals surface area contributed by atoms with Crippen LogP contribution in [0.3, 0.4) is 0 Å². The molecule has 0 amide bonds. The van der Waals surface area contributed by atoms with Gasteiger partial charge in [-0.15, -0.1) is 0 Å². The van der Waals surface area contributed by atoms with Crippen molar-refractivity contribution < 1.29 is 4.74 Å². The van der Waals surface area contributed by atoms with Gasteiger partial charge in [-0.25, -0.2) is 0 Å². The van der Waals surface area contributed by atoms with Gasteiger partial charge >= 0.3 is 0 Å². The highest BCUT2D eigenvalue weighted by Crippen LogP contribution is 2.11. The van der Waals surface area contributed by atoms with Gasteiger partial charge in [-0.05, 0) is 6.92 Å². The van der Waals surface area contributed by atoms with Crippen LogP contribution in [0.25, 0.3) is 0 Å². The Bertz CT molecular complexity index is 321. The lowest BCUT2D eigenvalue weighted by atomic mass is 10.1. The molecule has 0 N–H and O–H groups in total. The maximum absolute atomic E-state index is 5.55. The van der Waals surface area contributed by atoms with E-state index in [-0.39, 0.29) is 6.10 Å². The van der Waals surface area contributed by atoms with E-state index in [1.165, 1.54) is 0 Å². The minimum atomic E-state index is 0.0439. The van der Waals surface area contributed by atoms with Crippen molar-refractivity contribution in [2.75, 3.05) is 13.2 Å². The van der Waals surface area contributed by atoms with E-state index in [0.717, 1.165) is 11.3 Å². The number of hydrogen-bond donors (Lipinski definition) is 0. The van der Waals surface area contributed by atoms with E-state index in [1.54, 1.807) is 0 Å². The second-order valence-electron chi connectivity index (χ2n) is 3.12. The molecule has 3 nitrogen and oxygen atoms in total. The predicted molar refractivity (Wildman–Crippen MR) is 55.4 cm³/mol. The third-order valence-electron chi connectivity index (χ3n) is 2.17. The molecule has 73 valence electrons. The molecule has 1 aromatic rings. The molecule has 1 aromatic carbocycles. The van der Waals surface area contributed by atoms with Gasteiger partial charge in [0, 0.05) is 12.2 Å². The first-order chi connectivity index (χ1) is 6.92. The van der Waals surface area contributed by atoms with Gasteiger partial charge in [-0.2, -0.15) is 10.5 Å². The zero-order valence-electron chi connectivity index (χ0n) is 8.18. The normalized spacial score (nSPS) is 20.4. The third kappa shape index (κ3) is 1.77. The molecule has 0 fully saturated rings. The van der Waals surface area contributed by atoms with Gasteiger partial charge in [-0.3, -0.25) is 0 Å². The van der Waals surface area contributed by atoms with Crippen molar-refractivity contribution in [2.24, 2.45) is 5.10 Å². The van der Waals surface area contributed by atoms with Crippen LogP contribution >= 0.6 is 0 Å². The largest absolute Gasteiger partial charge is 0.370 e. The van der Waals surface area contributed by atoms with E-state index in [1.807, 2.05) is 37.3 Å². The van der Waals surface area contributed by atoms with Crippen molar-refractivity contribution in [3.8, 4) is 0 Å². The Kier molecular flexibility index (Phi) is 2.79. The van der Waals surface area contributed by atoms with Crippen molar-refractivity contribution in [1.29, 1.82) is 0 Å². The van der Waals surface area contributed by atoms with E-state index in [0.29, 0.717) is 13.2 Å². The van der Waals surface area contributed by atoms with Crippen molar-refractivity contribution in [1.82, 2.24) is 5.43 Å². The van der Waals surface area contributed by atoms with Crippen LogP contribution in [0, 0.1) is 0 Å². The van der Waals surface area contributed by atoms with Gasteiger partial charge in [0.05, 0.1) is 6.54 Å². The van der Waals surface area contributed by atoms with Crippen molar-refractivity contribution in [2.45, 2.75) is 13.0 Å². The molecule has 3 heteroatoms. The minimum Gasteiger partial charge on any atom is -0.370 e. The topological polar surface area (TPSA) is 35.7 Å². The monoisotopic (exact) mass is 189 g/mol. The zero-order valence-corrected chi connectivity index (χ0v) is 8.18. The Labute approximate surface area is 83.8 Å². The Morgan fingerprint density at radius 3 is 2.86 bits per heavy atom. The fourth-order valence-corrected chi connectivity index (χ4v) is 1.53. The lowest BCUT2D eigenvalue weighted by Gasteiger charge is -2.10. The summed E-state index contributed by atoms with van der Waals surface area (Å²) in [7, 11) is 0. The molecule has 1 radical (unpaired) electrons. The second kappa shape index (κ2) is 4.24. The number of hydrogen-bond acceptors (Lipinski definition) is 2.